The summed E-state index contributed by atoms with van der Waals surface area (Å²) in [6.45, 7) is 0. The zero-order valence-corrected chi connectivity index (χ0v) is 10.5. The standard InChI is InChI=1S/C13H14N4O3/c14-7-3-1-5-9(11(7)16)19-13(18)20-10-6-2-4-8(15)12(10)17/h1-6H,14-17H2. The topological polar surface area (TPSA) is 140 Å². The van der Waals surface area contributed by atoms with Crippen LogP contribution in [0.2, 0.25) is 0 Å². The zero-order valence-electron chi connectivity index (χ0n) is 10.5. The fourth-order valence-corrected chi connectivity index (χ4v) is 1.50. The molecule has 104 valence electrons. The van der Waals surface area contributed by atoms with Crippen LogP contribution in [-0.2, 0) is 0 Å². The minimum Gasteiger partial charge on any atom is -0.397 e. The maximum Gasteiger partial charge on any atom is 0.519 e. The number of ether oxygens (including phenoxy) is 2. The summed E-state index contributed by atoms with van der Waals surface area (Å²) < 4.78 is 9.92. The first kappa shape index (κ1) is 13.3. The number of rotatable bonds is 2. The monoisotopic (exact) mass is 274 g/mol. The number of carbonyl (C=O) groups is 1. The molecule has 7 heteroatoms. The summed E-state index contributed by atoms with van der Waals surface area (Å²) in [5.41, 5.74) is 23.5. The molecule has 2 aromatic carbocycles. The van der Waals surface area contributed by atoms with Crippen LogP contribution in [0.1, 0.15) is 0 Å². The number of para-hydroxylation sites is 2. The lowest BCUT2D eigenvalue weighted by Crippen LogP contribution is -2.16. The average molecular weight is 274 g/mol. The molecule has 8 N–H and O–H groups in total. The molecular weight excluding hydrogens is 260 g/mol. The first-order valence-electron chi connectivity index (χ1n) is 5.66. The minimum absolute atomic E-state index is 0.109. The number of anilines is 4. The number of hydrogen-bond acceptors (Lipinski definition) is 7. The lowest BCUT2D eigenvalue weighted by molar-refractivity contribution is 0.152. The van der Waals surface area contributed by atoms with Crippen molar-refractivity contribution in [1.29, 1.82) is 0 Å². The average Bonchev–Trinajstić information content (AvgIpc) is 2.40. The number of benzene rings is 2. The third-order valence-electron chi connectivity index (χ3n) is 2.59. The van der Waals surface area contributed by atoms with Crippen molar-refractivity contribution < 1.29 is 14.3 Å². The highest BCUT2D eigenvalue weighted by atomic mass is 16.7. The van der Waals surface area contributed by atoms with Gasteiger partial charge in [0.2, 0.25) is 0 Å². The largest absolute Gasteiger partial charge is 0.519 e. The third kappa shape index (κ3) is 2.66. The van der Waals surface area contributed by atoms with Crippen molar-refractivity contribution in [2.75, 3.05) is 22.9 Å². The Morgan fingerprint density at radius 3 is 1.55 bits per heavy atom. The van der Waals surface area contributed by atoms with Gasteiger partial charge in [0, 0.05) is 0 Å². The molecule has 0 amide bonds. The Balaban J connectivity index is 2.13. The van der Waals surface area contributed by atoms with Crippen LogP contribution in [0.25, 0.3) is 0 Å². The summed E-state index contributed by atoms with van der Waals surface area (Å²) in [4.78, 5) is 11.7. The van der Waals surface area contributed by atoms with Gasteiger partial charge in [-0.2, -0.15) is 0 Å². The summed E-state index contributed by atoms with van der Waals surface area (Å²) in [6, 6.07) is 9.37. The van der Waals surface area contributed by atoms with Crippen molar-refractivity contribution in [3.05, 3.63) is 36.4 Å². The quantitative estimate of drug-likeness (QED) is 0.370. The molecule has 0 aliphatic rings. The summed E-state index contributed by atoms with van der Waals surface area (Å²) in [7, 11) is 0. The molecule has 0 unspecified atom stereocenters. The molecule has 0 aliphatic heterocycles. The molecule has 2 aromatic rings. The van der Waals surface area contributed by atoms with Crippen LogP contribution in [0.5, 0.6) is 11.5 Å². The number of nitrogens with two attached hydrogens (primary N) is 4. The number of carbonyl (C=O) groups excluding carboxylic acids is 1. The van der Waals surface area contributed by atoms with Crippen LogP contribution in [0.3, 0.4) is 0 Å². The molecule has 0 bridgehead atoms. The van der Waals surface area contributed by atoms with Gasteiger partial charge in [0.05, 0.1) is 22.7 Å². The van der Waals surface area contributed by atoms with Gasteiger partial charge in [0.1, 0.15) is 0 Å². The second-order valence-electron chi connectivity index (χ2n) is 3.97. The van der Waals surface area contributed by atoms with Gasteiger partial charge < -0.3 is 32.4 Å². The molecule has 0 radical (unpaired) electrons. The Hall–Kier alpha value is -3.09. The van der Waals surface area contributed by atoms with E-state index in [-0.39, 0.29) is 22.9 Å². The molecule has 0 saturated heterocycles. The normalized spacial score (nSPS) is 10.0. The predicted molar refractivity (Wildman–Crippen MR) is 77.2 cm³/mol. The van der Waals surface area contributed by atoms with Crippen LogP contribution in [-0.4, -0.2) is 6.16 Å². The van der Waals surface area contributed by atoms with Crippen molar-refractivity contribution in [2.45, 2.75) is 0 Å². The lowest BCUT2D eigenvalue weighted by Gasteiger charge is -2.10. The smallest absolute Gasteiger partial charge is 0.397 e. The summed E-state index contributed by atoms with van der Waals surface area (Å²) in [6.07, 6.45) is -0.986. The maximum absolute atomic E-state index is 11.7. The van der Waals surface area contributed by atoms with Crippen molar-refractivity contribution >= 4 is 28.9 Å². The fraction of sp³-hybridized carbons (Fsp3) is 0. The van der Waals surface area contributed by atoms with Crippen molar-refractivity contribution in [1.82, 2.24) is 0 Å². The van der Waals surface area contributed by atoms with Gasteiger partial charge >= 0.3 is 6.16 Å². The van der Waals surface area contributed by atoms with Gasteiger partial charge in [-0.25, -0.2) is 4.79 Å². The van der Waals surface area contributed by atoms with Crippen LogP contribution in [0, 0.1) is 0 Å². The Labute approximate surface area is 115 Å². The van der Waals surface area contributed by atoms with E-state index in [9.17, 15) is 4.79 Å². The van der Waals surface area contributed by atoms with E-state index in [1.165, 1.54) is 12.1 Å². The molecule has 0 aliphatic carbocycles. The zero-order chi connectivity index (χ0) is 14.7. The molecule has 0 spiro atoms. The first-order chi connectivity index (χ1) is 9.49. The molecule has 7 nitrogen and oxygen atoms in total. The molecule has 0 aromatic heterocycles. The van der Waals surface area contributed by atoms with E-state index in [2.05, 4.69) is 0 Å². The van der Waals surface area contributed by atoms with E-state index in [0.29, 0.717) is 11.4 Å². The Morgan fingerprint density at radius 2 is 1.15 bits per heavy atom. The van der Waals surface area contributed by atoms with Crippen LogP contribution in [0.15, 0.2) is 36.4 Å². The third-order valence-corrected chi connectivity index (χ3v) is 2.59. The van der Waals surface area contributed by atoms with Crippen molar-refractivity contribution in [3.63, 3.8) is 0 Å². The van der Waals surface area contributed by atoms with Gasteiger partial charge in [-0.3, -0.25) is 0 Å². The van der Waals surface area contributed by atoms with Gasteiger partial charge in [0.15, 0.2) is 11.5 Å². The Morgan fingerprint density at radius 1 is 0.750 bits per heavy atom. The minimum atomic E-state index is -0.986. The molecule has 0 fully saturated rings. The second-order valence-corrected chi connectivity index (χ2v) is 3.97. The Bertz CT molecular complexity index is 603. The highest BCUT2D eigenvalue weighted by Crippen LogP contribution is 2.29. The van der Waals surface area contributed by atoms with Crippen molar-refractivity contribution in [3.8, 4) is 11.5 Å². The van der Waals surface area contributed by atoms with Crippen LogP contribution >= 0.6 is 0 Å². The highest BCUT2D eigenvalue weighted by molar-refractivity contribution is 5.78. The highest BCUT2D eigenvalue weighted by Gasteiger charge is 2.14. The van der Waals surface area contributed by atoms with E-state index >= 15 is 0 Å². The molecule has 2 rings (SSSR count). The summed E-state index contributed by atoms with van der Waals surface area (Å²) in [5.74, 6) is 0.218. The summed E-state index contributed by atoms with van der Waals surface area (Å²) >= 11 is 0. The van der Waals surface area contributed by atoms with Crippen LogP contribution < -0.4 is 32.4 Å². The number of nitrogen functional groups attached to an aromatic ring is 4. The Kier molecular flexibility index (Phi) is 3.52. The fourth-order valence-electron chi connectivity index (χ4n) is 1.50. The molecular formula is C13H14N4O3. The van der Waals surface area contributed by atoms with Crippen molar-refractivity contribution in [2.24, 2.45) is 0 Å². The van der Waals surface area contributed by atoms with E-state index in [0.717, 1.165) is 0 Å². The van der Waals surface area contributed by atoms with Crippen LogP contribution in [0.4, 0.5) is 27.5 Å². The van der Waals surface area contributed by atoms with E-state index in [1.807, 2.05) is 0 Å². The molecule has 20 heavy (non-hydrogen) atoms. The molecule has 0 heterocycles. The second kappa shape index (κ2) is 5.27. The van der Waals surface area contributed by atoms with Gasteiger partial charge in [-0.05, 0) is 24.3 Å². The van der Waals surface area contributed by atoms with Gasteiger partial charge in [0.25, 0.3) is 0 Å². The SMILES string of the molecule is Nc1cccc(OC(=O)Oc2cccc(N)c2N)c1N. The predicted octanol–water partition coefficient (Wildman–Crippen LogP) is 1.59. The van der Waals surface area contributed by atoms with E-state index in [1.54, 1.807) is 24.3 Å². The lowest BCUT2D eigenvalue weighted by atomic mass is 10.2. The molecule has 0 atom stereocenters. The first-order valence-corrected chi connectivity index (χ1v) is 5.66. The van der Waals surface area contributed by atoms with Gasteiger partial charge in [-0.1, -0.05) is 12.1 Å². The van der Waals surface area contributed by atoms with Gasteiger partial charge in [-0.15, -0.1) is 0 Å². The maximum atomic E-state index is 11.7. The molecule has 0 saturated carbocycles. The van der Waals surface area contributed by atoms with E-state index < -0.39 is 6.16 Å². The van der Waals surface area contributed by atoms with E-state index in [4.69, 9.17) is 32.4 Å². The summed E-state index contributed by atoms with van der Waals surface area (Å²) in [5, 5.41) is 0. The number of hydrogen-bond donors (Lipinski definition) is 4.